The van der Waals surface area contributed by atoms with E-state index in [1.165, 1.54) is 11.8 Å². The minimum absolute atomic E-state index is 0.366. The van der Waals surface area contributed by atoms with Crippen LogP contribution in [0.15, 0.2) is 18.5 Å². The molecule has 0 radical (unpaired) electrons. The third kappa shape index (κ3) is 3.72. The molecule has 0 bridgehead atoms. The number of aromatic nitrogens is 1. The van der Waals surface area contributed by atoms with E-state index in [2.05, 4.69) is 4.98 Å². The molecule has 0 amide bonds. The van der Waals surface area contributed by atoms with E-state index in [1.807, 2.05) is 13.0 Å². The molecule has 0 aliphatic carbocycles. The van der Waals surface area contributed by atoms with Gasteiger partial charge < -0.3 is 5.11 Å². The monoisotopic (exact) mass is 245 g/mol. The summed E-state index contributed by atoms with van der Waals surface area (Å²) < 4.78 is 0. The van der Waals surface area contributed by atoms with Gasteiger partial charge in [0.25, 0.3) is 0 Å². The molecule has 1 rings (SSSR count). The SMILES string of the molecule is CCC(SCc1ccncc1Cl)C(=O)O. The Balaban J connectivity index is 2.56. The van der Waals surface area contributed by atoms with Gasteiger partial charge in [-0.25, -0.2) is 0 Å². The van der Waals surface area contributed by atoms with Crippen LogP contribution in [-0.2, 0) is 10.5 Å². The van der Waals surface area contributed by atoms with Gasteiger partial charge in [-0.1, -0.05) is 18.5 Å². The molecule has 0 spiro atoms. The van der Waals surface area contributed by atoms with Crippen LogP contribution in [0.25, 0.3) is 0 Å². The molecule has 1 unspecified atom stereocenters. The molecule has 0 aliphatic rings. The standard InChI is InChI=1S/C10H12ClNO2S/c1-2-9(10(13)14)15-6-7-3-4-12-5-8(7)11/h3-5,9H,2,6H2,1H3,(H,13,14). The first kappa shape index (κ1) is 12.3. The molecular weight excluding hydrogens is 234 g/mol. The Morgan fingerprint density at radius 1 is 1.73 bits per heavy atom. The van der Waals surface area contributed by atoms with E-state index in [-0.39, 0.29) is 5.25 Å². The highest BCUT2D eigenvalue weighted by molar-refractivity contribution is 7.99. The molecule has 1 aromatic heterocycles. The predicted molar refractivity (Wildman–Crippen MR) is 62.3 cm³/mol. The van der Waals surface area contributed by atoms with E-state index < -0.39 is 5.97 Å². The van der Waals surface area contributed by atoms with E-state index in [0.717, 1.165) is 5.56 Å². The van der Waals surface area contributed by atoms with Crippen LogP contribution in [0.3, 0.4) is 0 Å². The number of carboxylic acids is 1. The van der Waals surface area contributed by atoms with Gasteiger partial charge in [-0.05, 0) is 18.1 Å². The summed E-state index contributed by atoms with van der Waals surface area (Å²) >= 11 is 7.29. The molecule has 0 aromatic carbocycles. The predicted octanol–water partition coefficient (Wildman–Crippen LogP) is 2.83. The van der Waals surface area contributed by atoms with Crippen molar-refractivity contribution in [3.8, 4) is 0 Å². The van der Waals surface area contributed by atoms with Crippen LogP contribution in [0.2, 0.25) is 5.02 Å². The second kappa shape index (κ2) is 5.98. The van der Waals surface area contributed by atoms with Crippen molar-refractivity contribution < 1.29 is 9.90 Å². The number of halogens is 1. The number of hydrogen-bond acceptors (Lipinski definition) is 3. The number of pyridine rings is 1. The number of aliphatic carboxylic acids is 1. The summed E-state index contributed by atoms with van der Waals surface area (Å²) in [6.07, 6.45) is 3.84. The Morgan fingerprint density at radius 3 is 3.00 bits per heavy atom. The summed E-state index contributed by atoms with van der Waals surface area (Å²) in [5.74, 6) is -0.167. The van der Waals surface area contributed by atoms with Gasteiger partial charge in [-0.2, -0.15) is 0 Å². The molecule has 0 saturated carbocycles. The first-order chi connectivity index (χ1) is 7.15. The van der Waals surface area contributed by atoms with Crippen molar-refractivity contribution in [3.63, 3.8) is 0 Å². The number of carboxylic acid groups (broad SMARTS) is 1. The quantitative estimate of drug-likeness (QED) is 0.867. The Kier molecular flexibility index (Phi) is 4.91. The van der Waals surface area contributed by atoms with Gasteiger partial charge in [0.05, 0.1) is 5.02 Å². The van der Waals surface area contributed by atoms with Gasteiger partial charge >= 0.3 is 5.97 Å². The van der Waals surface area contributed by atoms with E-state index in [9.17, 15) is 4.79 Å². The van der Waals surface area contributed by atoms with Crippen molar-refractivity contribution in [2.75, 3.05) is 0 Å². The van der Waals surface area contributed by atoms with Crippen LogP contribution in [-0.4, -0.2) is 21.3 Å². The van der Waals surface area contributed by atoms with Gasteiger partial charge in [-0.15, -0.1) is 11.8 Å². The van der Waals surface area contributed by atoms with Gasteiger partial charge in [0.15, 0.2) is 0 Å². The van der Waals surface area contributed by atoms with E-state index in [4.69, 9.17) is 16.7 Å². The highest BCUT2D eigenvalue weighted by atomic mass is 35.5. The average molecular weight is 246 g/mol. The molecular formula is C10H12ClNO2S. The van der Waals surface area contributed by atoms with E-state index in [1.54, 1.807) is 12.4 Å². The molecule has 1 atom stereocenters. The first-order valence-electron chi connectivity index (χ1n) is 4.58. The summed E-state index contributed by atoms with van der Waals surface area (Å²) in [5.41, 5.74) is 0.927. The molecule has 1 heterocycles. The Labute approximate surface area is 97.9 Å². The fraction of sp³-hybridized carbons (Fsp3) is 0.400. The van der Waals surface area contributed by atoms with Crippen LogP contribution in [0.4, 0.5) is 0 Å². The fourth-order valence-electron chi connectivity index (χ4n) is 1.08. The number of hydrogen-bond donors (Lipinski definition) is 1. The number of rotatable bonds is 5. The molecule has 0 fully saturated rings. The van der Waals surface area contributed by atoms with Crippen molar-refractivity contribution in [3.05, 3.63) is 29.0 Å². The smallest absolute Gasteiger partial charge is 0.316 e. The highest BCUT2D eigenvalue weighted by Crippen LogP contribution is 2.24. The molecule has 0 saturated heterocycles. The van der Waals surface area contributed by atoms with Gasteiger partial charge in [0.1, 0.15) is 5.25 Å². The first-order valence-corrected chi connectivity index (χ1v) is 6.00. The minimum Gasteiger partial charge on any atom is -0.480 e. The summed E-state index contributed by atoms with van der Waals surface area (Å²) in [6.45, 7) is 1.86. The molecule has 0 aliphatic heterocycles. The summed E-state index contributed by atoms with van der Waals surface area (Å²) in [7, 11) is 0. The second-order valence-corrected chi connectivity index (χ2v) is 4.61. The Bertz CT molecular complexity index is 346. The van der Waals surface area contributed by atoms with Crippen LogP contribution < -0.4 is 0 Å². The zero-order valence-electron chi connectivity index (χ0n) is 8.31. The number of nitrogens with zero attached hydrogens (tertiary/aromatic N) is 1. The van der Waals surface area contributed by atoms with Crippen LogP contribution >= 0.6 is 23.4 Å². The largest absolute Gasteiger partial charge is 0.480 e. The molecule has 15 heavy (non-hydrogen) atoms. The molecule has 1 aromatic rings. The summed E-state index contributed by atoms with van der Waals surface area (Å²) in [6, 6.07) is 1.81. The minimum atomic E-state index is -0.771. The zero-order valence-corrected chi connectivity index (χ0v) is 9.88. The number of carbonyl (C=O) groups is 1. The lowest BCUT2D eigenvalue weighted by Gasteiger charge is -2.09. The van der Waals surface area contributed by atoms with Gasteiger partial charge in [0, 0.05) is 18.1 Å². The highest BCUT2D eigenvalue weighted by Gasteiger charge is 2.15. The van der Waals surface area contributed by atoms with Crippen molar-refractivity contribution in [1.29, 1.82) is 0 Å². The number of thioether (sulfide) groups is 1. The lowest BCUT2D eigenvalue weighted by Crippen LogP contribution is -2.15. The average Bonchev–Trinajstić information content (AvgIpc) is 2.21. The third-order valence-electron chi connectivity index (χ3n) is 1.94. The molecule has 3 nitrogen and oxygen atoms in total. The van der Waals surface area contributed by atoms with Crippen molar-refractivity contribution in [2.45, 2.75) is 24.3 Å². The molecule has 1 N–H and O–H groups in total. The Hall–Kier alpha value is -0.740. The second-order valence-electron chi connectivity index (χ2n) is 3.01. The molecule has 82 valence electrons. The van der Waals surface area contributed by atoms with Crippen LogP contribution in [0, 0.1) is 0 Å². The van der Waals surface area contributed by atoms with Crippen LogP contribution in [0.5, 0.6) is 0 Å². The maximum Gasteiger partial charge on any atom is 0.316 e. The third-order valence-corrected chi connectivity index (χ3v) is 3.70. The lowest BCUT2D eigenvalue weighted by atomic mass is 10.3. The normalized spacial score (nSPS) is 12.4. The summed E-state index contributed by atoms with van der Waals surface area (Å²) in [4.78, 5) is 14.6. The topological polar surface area (TPSA) is 50.2 Å². The van der Waals surface area contributed by atoms with Crippen molar-refractivity contribution >= 4 is 29.3 Å². The van der Waals surface area contributed by atoms with E-state index >= 15 is 0 Å². The Morgan fingerprint density at radius 2 is 2.47 bits per heavy atom. The zero-order chi connectivity index (χ0) is 11.3. The van der Waals surface area contributed by atoms with Crippen molar-refractivity contribution in [1.82, 2.24) is 4.98 Å². The van der Waals surface area contributed by atoms with Crippen molar-refractivity contribution in [2.24, 2.45) is 0 Å². The van der Waals surface area contributed by atoms with E-state index in [0.29, 0.717) is 17.2 Å². The lowest BCUT2D eigenvalue weighted by molar-refractivity contribution is -0.136. The maximum absolute atomic E-state index is 10.8. The summed E-state index contributed by atoms with van der Waals surface area (Å²) in [5, 5.41) is 9.08. The van der Waals surface area contributed by atoms with Gasteiger partial charge in [0.2, 0.25) is 0 Å². The van der Waals surface area contributed by atoms with Crippen LogP contribution in [0.1, 0.15) is 18.9 Å². The fourth-order valence-corrected chi connectivity index (χ4v) is 2.35. The molecule has 5 heteroatoms. The maximum atomic E-state index is 10.8. The van der Waals surface area contributed by atoms with Gasteiger partial charge in [-0.3, -0.25) is 9.78 Å².